The van der Waals surface area contributed by atoms with Gasteiger partial charge in [0.05, 0.1) is 36.3 Å². The summed E-state index contributed by atoms with van der Waals surface area (Å²) < 4.78 is 36.9. The molecular weight excluding hydrogens is 806 g/mol. The Hall–Kier alpha value is -5.65. The molecule has 13 atom stereocenters. The predicted octanol–water partition coefficient (Wildman–Crippen LogP) is 3.11. The number of amides is 1. The summed E-state index contributed by atoms with van der Waals surface area (Å²) >= 11 is 0. The fourth-order valence-electron chi connectivity index (χ4n) is 10.9. The van der Waals surface area contributed by atoms with Gasteiger partial charge >= 0.3 is 24.1 Å². The second kappa shape index (κ2) is 15.6. The number of carbonyl (C=O) groups excluding carboxylic acids is 5. The molecule has 5 N–H and O–H groups in total. The van der Waals surface area contributed by atoms with Crippen LogP contribution in [0.4, 0.5) is 4.79 Å². The van der Waals surface area contributed by atoms with Crippen LogP contribution in [-0.2, 0) is 38.0 Å². The Kier molecular flexibility index (Phi) is 10.8. The fourth-order valence-corrected chi connectivity index (χ4v) is 10.9. The molecule has 2 saturated carbocycles. The molecule has 3 aliphatic carbocycles. The van der Waals surface area contributed by atoms with Crippen LogP contribution in [0.2, 0.25) is 0 Å². The number of carbonyl (C=O) groups is 5. The van der Waals surface area contributed by atoms with Crippen molar-refractivity contribution in [3.05, 3.63) is 119 Å². The maximum Gasteiger partial charge on any atom is 0.509 e. The first-order chi connectivity index (χ1) is 29.4. The zero-order valence-corrected chi connectivity index (χ0v) is 34.6. The van der Waals surface area contributed by atoms with Crippen LogP contribution in [0.3, 0.4) is 0 Å². The van der Waals surface area contributed by atoms with Gasteiger partial charge in [-0.1, -0.05) is 87.5 Å². The fraction of sp³-hybridized carbons (Fsp3) is 0.457. The molecule has 2 unspecified atom stereocenters. The highest BCUT2D eigenvalue weighted by Crippen LogP contribution is 2.67. The van der Waals surface area contributed by atoms with E-state index < -0.39 is 113 Å². The lowest BCUT2D eigenvalue weighted by Crippen LogP contribution is -2.83. The molecule has 0 aromatic heterocycles. The molecule has 2 bridgehead atoms. The van der Waals surface area contributed by atoms with Crippen LogP contribution in [0.15, 0.2) is 102 Å². The summed E-state index contributed by atoms with van der Waals surface area (Å²) in [6, 6.07) is 22.8. The first-order valence-corrected chi connectivity index (χ1v) is 20.4. The average molecular weight is 856 g/mol. The molecule has 328 valence electrons. The maximum atomic E-state index is 14.4. The topological polar surface area (TPSA) is 234 Å². The number of fused-ring (bicyclic) bond motifs is 4. The number of hydrogen-bond donors (Lipinski definition) is 5. The van der Waals surface area contributed by atoms with Gasteiger partial charge in [0.2, 0.25) is 5.60 Å². The number of aliphatic hydroxyl groups is 4. The van der Waals surface area contributed by atoms with Crippen molar-refractivity contribution >= 4 is 30.0 Å². The Morgan fingerprint density at radius 2 is 1.45 bits per heavy atom. The quantitative estimate of drug-likeness (QED) is 0.118. The van der Waals surface area contributed by atoms with Crippen molar-refractivity contribution in [2.75, 3.05) is 6.61 Å². The standard InChI is InChI=1S/C46H49NO15/c1-23-30-32(50)36(52)44(5)28(49)21-29-45(22-57-29,61-24(2)48)35(44)38(59-40(54)27-19-13-8-14-20-27)46(43(30,3)4)37(60-42(56)62-46)34(23)58-41(55)33(51)31(25-15-9-6-10-16-25)47-39(53)26-17-11-7-12-18-26/h6-20,28-29,31-38,49-52H,21-22H2,1-5H3,(H,47,53)/t28-,29+,31-,32+,33+,34+,35?,36+,37-,38?,44+,45-,46+/m0/s1. The van der Waals surface area contributed by atoms with Crippen molar-refractivity contribution in [3.8, 4) is 0 Å². The van der Waals surface area contributed by atoms with Crippen molar-refractivity contribution in [1.82, 2.24) is 5.32 Å². The Bertz CT molecular complexity index is 2290. The Balaban J connectivity index is 1.30. The molecule has 2 saturated heterocycles. The molecule has 4 fully saturated rings. The van der Waals surface area contributed by atoms with Gasteiger partial charge in [-0.2, -0.15) is 0 Å². The van der Waals surface area contributed by atoms with Gasteiger partial charge in [-0.05, 0) is 47.9 Å². The Labute approximate surface area is 356 Å². The van der Waals surface area contributed by atoms with Gasteiger partial charge in [0.1, 0.15) is 12.2 Å². The number of rotatable bonds is 9. The lowest BCUT2D eigenvalue weighted by molar-refractivity contribution is -0.364. The molecular formula is C46H49NO15. The smallest absolute Gasteiger partial charge is 0.454 e. The van der Waals surface area contributed by atoms with Crippen LogP contribution in [0.1, 0.15) is 73.4 Å². The lowest BCUT2D eigenvalue weighted by Gasteiger charge is -2.68. The van der Waals surface area contributed by atoms with E-state index in [2.05, 4.69) is 5.32 Å². The van der Waals surface area contributed by atoms with Gasteiger partial charge < -0.3 is 54.2 Å². The number of benzene rings is 3. The van der Waals surface area contributed by atoms with E-state index in [-0.39, 0.29) is 35.3 Å². The summed E-state index contributed by atoms with van der Waals surface area (Å²) in [5, 5.41) is 51.7. The van der Waals surface area contributed by atoms with Gasteiger partial charge in [0.15, 0.2) is 30.0 Å². The molecule has 2 heterocycles. The maximum absolute atomic E-state index is 14.4. The third-order valence-corrected chi connectivity index (χ3v) is 13.9. The van der Waals surface area contributed by atoms with Crippen molar-refractivity contribution in [3.63, 3.8) is 0 Å². The van der Waals surface area contributed by atoms with Gasteiger partial charge in [-0.3, -0.25) is 9.59 Å². The van der Waals surface area contributed by atoms with E-state index in [0.717, 1.165) is 6.92 Å². The molecule has 1 spiro atoms. The highest BCUT2D eigenvalue weighted by atomic mass is 16.8. The monoisotopic (exact) mass is 855 g/mol. The van der Waals surface area contributed by atoms with Crippen molar-refractivity contribution in [2.24, 2.45) is 16.7 Å². The van der Waals surface area contributed by atoms with Gasteiger partial charge in [0.25, 0.3) is 5.91 Å². The lowest BCUT2D eigenvalue weighted by atomic mass is 9.44. The van der Waals surface area contributed by atoms with E-state index in [1.54, 1.807) is 92.7 Å². The number of hydrogen-bond acceptors (Lipinski definition) is 15. The summed E-state index contributed by atoms with van der Waals surface area (Å²) in [7, 11) is 0. The third-order valence-electron chi connectivity index (χ3n) is 13.9. The predicted molar refractivity (Wildman–Crippen MR) is 214 cm³/mol. The molecule has 5 aliphatic rings. The summed E-state index contributed by atoms with van der Waals surface area (Å²) in [6.07, 6.45) is -15.1. The second-order valence-corrected chi connectivity index (χ2v) is 17.5. The van der Waals surface area contributed by atoms with Gasteiger partial charge in [0, 0.05) is 29.7 Å². The SMILES string of the molecule is CC(=O)O[C@@]12CO[C@@H]1C[C@H](O)[C@]1(C)C2C(OC(=O)c2ccccc2)[C@]23OC(=O)O[C@H]2[C@H](OC(=O)[C@H](O)[C@@H](NC(=O)c2ccccc2)c2ccccc2)C(C)=C([C@@H](O)[C@H]1O)C3(C)C. The van der Waals surface area contributed by atoms with E-state index in [0.29, 0.717) is 5.56 Å². The third kappa shape index (κ3) is 6.41. The van der Waals surface area contributed by atoms with Crippen LogP contribution >= 0.6 is 0 Å². The summed E-state index contributed by atoms with van der Waals surface area (Å²) in [6.45, 7) is 6.96. The highest BCUT2D eigenvalue weighted by Gasteiger charge is 2.82. The molecule has 16 heteroatoms. The number of nitrogens with one attached hydrogen (secondary N) is 1. The minimum atomic E-state index is -2.29. The molecule has 8 rings (SSSR count). The number of aliphatic hydroxyl groups excluding tert-OH is 4. The highest BCUT2D eigenvalue weighted by molar-refractivity contribution is 5.95. The molecule has 1 amide bonds. The van der Waals surface area contributed by atoms with Gasteiger partial charge in [-0.25, -0.2) is 14.4 Å². The van der Waals surface area contributed by atoms with Gasteiger partial charge in [-0.15, -0.1) is 0 Å². The first-order valence-electron chi connectivity index (χ1n) is 20.4. The van der Waals surface area contributed by atoms with E-state index in [1.165, 1.54) is 26.0 Å². The van der Waals surface area contributed by atoms with E-state index >= 15 is 0 Å². The molecule has 2 aliphatic heterocycles. The normalized spacial score (nSPS) is 35.0. The van der Waals surface area contributed by atoms with Crippen LogP contribution < -0.4 is 5.32 Å². The van der Waals surface area contributed by atoms with E-state index in [1.807, 2.05) is 0 Å². The summed E-state index contributed by atoms with van der Waals surface area (Å²) in [4.78, 5) is 69.2. The number of ether oxygens (including phenoxy) is 6. The number of esters is 3. The zero-order chi connectivity index (χ0) is 44.5. The largest absolute Gasteiger partial charge is 0.509 e. The molecule has 3 aromatic carbocycles. The molecule has 0 radical (unpaired) electrons. The first kappa shape index (κ1) is 43.0. The van der Waals surface area contributed by atoms with Crippen LogP contribution in [0.5, 0.6) is 0 Å². The summed E-state index contributed by atoms with van der Waals surface area (Å²) in [5.41, 5.74) is -6.89. The van der Waals surface area contributed by atoms with Crippen molar-refractivity contribution in [2.45, 2.75) is 107 Å². The molecule has 16 nitrogen and oxygen atoms in total. The summed E-state index contributed by atoms with van der Waals surface area (Å²) in [5.74, 6) is -5.12. The molecule has 3 aromatic rings. The Morgan fingerprint density at radius 1 is 0.855 bits per heavy atom. The van der Waals surface area contributed by atoms with Crippen molar-refractivity contribution in [1.29, 1.82) is 0 Å². The zero-order valence-electron chi connectivity index (χ0n) is 34.6. The van der Waals surface area contributed by atoms with Crippen LogP contribution in [0.25, 0.3) is 0 Å². The van der Waals surface area contributed by atoms with Crippen molar-refractivity contribution < 1.29 is 72.8 Å². The van der Waals surface area contributed by atoms with Crippen LogP contribution in [0, 0.1) is 16.7 Å². The average Bonchev–Trinajstić information content (AvgIpc) is 3.62. The van der Waals surface area contributed by atoms with Crippen LogP contribution in [-0.4, -0.2) is 117 Å². The minimum absolute atomic E-state index is 0.00927. The Morgan fingerprint density at radius 3 is 2.03 bits per heavy atom. The minimum Gasteiger partial charge on any atom is -0.454 e. The molecule has 62 heavy (non-hydrogen) atoms. The van der Waals surface area contributed by atoms with E-state index in [9.17, 15) is 44.4 Å². The second-order valence-electron chi connectivity index (χ2n) is 17.5. The van der Waals surface area contributed by atoms with E-state index in [4.69, 9.17) is 28.4 Å².